The summed E-state index contributed by atoms with van der Waals surface area (Å²) in [7, 11) is 3.82. The molecule has 0 saturated heterocycles. The van der Waals surface area contributed by atoms with Gasteiger partial charge in [0.1, 0.15) is 0 Å². The molecule has 0 aromatic carbocycles. The summed E-state index contributed by atoms with van der Waals surface area (Å²) >= 11 is 5.94. The smallest absolute Gasteiger partial charge is 0.231 e. The largest absolute Gasteiger partial charge is 0.387 e. The molecule has 1 heterocycles. The van der Waals surface area contributed by atoms with Gasteiger partial charge in [-0.05, 0) is 46.5 Å². The number of hydrogen-bond donors (Lipinski definition) is 2. The van der Waals surface area contributed by atoms with E-state index in [-0.39, 0.29) is 5.28 Å². The predicted octanol–water partition coefficient (Wildman–Crippen LogP) is 1.10. The van der Waals surface area contributed by atoms with E-state index in [9.17, 15) is 5.11 Å². The van der Waals surface area contributed by atoms with Gasteiger partial charge in [0.25, 0.3) is 0 Å². The standard InChI is InChI=1S/C13H25ClN6O/c1-6-20(7-2)12-17-10(14)16-11(18-12)15-8-13(3,21)9-19(4)5/h21H,6-9H2,1-5H3,(H,15,16,17,18). The number of nitrogens with zero attached hydrogens (tertiary/aromatic N) is 5. The number of halogens is 1. The minimum Gasteiger partial charge on any atom is -0.387 e. The van der Waals surface area contributed by atoms with Crippen molar-refractivity contribution in [3.63, 3.8) is 0 Å². The van der Waals surface area contributed by atoms with Gasteiger partial charge in [-0.3, -0.25) is 0 Å². The number of hydrogen-bond acceptors (Lipinski definition) is 7. The molecule has 0 spiro atoms. The van der Waals surface area contributed by atoms with Crippen LogP contribution in [-0.2, 0) is 0 Å². The molecule has 120 valence electrons. The van der Waals surface area contributed by atoms with Crippen LogP contribution in [0.3, 0.4) is 0 Å². The minimum atomic E-state index is -0.891. The zero-order chi connectivity index (χ0) is 16.0. The van der Waals surface area contributed by atoms with E-state index < -0.39 is 5.60 Å². The minimum absolute atomic E-state index is 0.140. The van der Waals surface area contributed by atoms with Crippen molar-refractivity contribution in [3.05, 3.63) is 5.28 Å². The van der Waals surface area contributed by atoms with E-state index in [1.165, 1.54) is 0 Å². The molecular weight excluding hydrogens is 292 g/mol. The highest BCUT2D eigenvalue weighted by molar-refractivity contribution is 6.28. The molecule has 0 amide bonds. The molecule has 1 aromatic rings. The molecule has 0 aliphatic carbocycles. The number of likely N-dealkylation sites (N-methyl/N-ethyl adjacent to an activating group) is 1. The lowest BCUT2D eigenvalue weighted by Crippen LogP contribution is -2.43. The molecule has 0 bridgehead atoms. The van der Waals surface area contributed by atoms with Crippen LogP contribution in [0.2, 0.25) is 5.28 Å². The summed E-state index contributed by atoms with van der Waals surface area (Å²) in [4.78, 5) is 16.4. The first-order valence-electron chi connectivity index (χ1n) is 7.05. The number of rotatable bonds is 8. The van der Waals surface area contributed by atoms with Crippen LogP contribution in [-0.4, -0.2) is 70.8 Å². The summed E-state index contributed by atoms with van der Waals surface area (Å²) < 4.78 is 0. The van der Waals surface area contributed by atoms with Gasteiger partial charge in [-0.1, -0.05) is 0 Å². The highest BCUT2D eigenvalue weighted by Crippen LogP contribution is 2.14. The van der Waals surface area contributed by atoms with E-state index in [0.29, 0.717) is 25.0 Å². The van der Waals surface area contributed by atoms with Crippen molar-refractivity contribution in [1.29, 1.82) is 0 Å². The summed E-state index contributed by atoms with van der Waals surface area (Å²) in [6, 6.07) is 0. The van der Waals surface area contributed by atoms with Gasteiger partial charge >= 0.3 is 0 Å². The van der Waals surface area contributed by atoms with Crippen molar-refractivity contribution in [2.75, 3.05) is 50.5 Å². The fraction of sp³-hybridized carbons (Fsp3) is 0.769. The average Bonchev–Trinajstić information content (AvgIpc) is 2.36. The van der Waals surface area contributed by atoms with Crippen LogP contribution in [0.4, 0.5) is 11.9 Å². The molecule has 1 rings (SSSR count). The molecule has 0 aliphatic heterocycles. The Morgan fingerprint density at radius 1 is 1.19 bits per heavy atom. The highest BCUT2D eigenvalue weighted by Gasteiger charge is 2.22. The van der Waals surface area contributed by atoms with Gasteiger partial charge in [-0.15, -0.1) is 0 Å². The molecule has 0 fully saturated rings. The molecule has 21 heavy (non-hydrogen) atoms. The Labute approximate surface area is 131 Å². The Bertz CT molecular complexity index is 450. The van der Waals surface area contributed by atoms with E-state index >= 15 is 0 Å². The van der Waals surface area contributed by atoms with E-state index in [0.717, 1.165) is 13.1 Å². The first-order chi connectivity index (χ1) is 9.77. The van der Waals surface area contributed by atoms with Gasteiger partial charge in [0.2, 0.25) is 17.2 Å². The Morgan fingerprint density at radius 3 is 2.33 bits per heavy atom. The zero-order valence-electron chi connectivity index (χ0n) is 13.4. The fourth-order valence-electron chi connectivity index (χ4n) is 2.07. The maximum Gasteiger partial charge on any atom is 0.231 e. The average molecular weight is 317 g/mol. The number of nitrogens with one attached hydrogen (secondary N) is 1. The van der Waals surface area contributed by atoms with Crippen LogP contribution in [0.15, 0.2) is 0 Å². The summed E-state index contributed by atoms with van der Waals surface area (Å²) in [5.41, 5.74) is -0.891. The first kappa shape index (κ1) is 17.9. The Kier molecular flexibility index (Phi) is 6.57. The lowest BCUT2D eigenvalue weighted by atomic mass is 10.1. The van der Waals surface area contributed by atoms with Crippen molar-refractivity contribution >= 4 is 23.5 Å². The Balaban J connectivity index is 2.80. The van der Waals surface area contributed by atoms with Gasteiger partial charge in [-0.25, -0.2) is 0 Å². The van der Waals surface area contributed by atoms with Crippen molar-refractivity contribution in [1.82, 2.24) is 19.9 Å². The van der Waals surface area contributed by atoms with Crippen LogP contribution >= 0.6 is 11.6 Å². The van der Waals surface area contributed by atoms with Gasteiger partial charge in [0.05, 0.1) is 5.60 Å². The second-order valence-corrected chi connectivity index (χ2v) is 5.83. The van der Waals surface area contributed by atoms with E-state index in [2.05, 4.69) is 20.3 Å². The second-order valence-electron chi connectivity index (χ2n) is 5.49. The third kappa shape index (κ3) is 5.99. The molecule has 1 atom stereocenters. The van der Waals surface area contributed by atoms with Gasteiger partial charge in [-0.2, -0.15) is 15.0 Å². The van der Waals surface area contributed by atoms with E-state index in [1.807, 2.05) is 37.7 Å². The van der Waals surface area contributed by atoms with Crippen LogP contribution in [0.1, 0.15) is 20.8 Å². The number of anilines is 2. The summed E-state index contributed by atoms with van der Waals surface area (Å²) in [6.45, 7) is 8.23. The Hall–Kier alpha value is -1.18. The second kappa shape index (κ2) is 7.72. The third-order valence-corrected chi connectivity index (χ3v) is 3.10. The van der Waals surface area contributed by atoms with E-state index in [1.54, 1.807) is 6.92 Å². The van der Waals surface area contributed by atoms with Crippen molar-refractivity contribution < 1.29 is 5.11 Å². The third-order valence-electron chi connectivity index (χ3n) is 2.93. The maximum atomic E-state index is 10.3. The maximum absolute atomic E-state index is 10.3. The van der Waals surface area contributed by atoms with Crippen molar-refractivity contribution in [2.24, 2.45) is 0 Å². The topological polar surface area (TPSA) is 77.4 Å². The van der Waals surface area contributed by atoms with Gasteiger partial charge in [0, 0.05) is 26.2 Å². The first-order valence-corrected chi connectivity index (χ1v) is 7.42. The molecule has 7 nitrogen and oxygen atoms in total. The summed E-state index contributed by atoms with van der Waals surface area (Å²) in [5, 5.41) is 13.4. The number of aliphatic hydroxyl groups is 1. The molecular formula is C13H25ClN6O. The lowest BCUT2D eigenvalue weighted by Gasteiger charge is -2.27. The monoisotopic (exact) mass is 316 g/mol. The zero-order valence-corrected chi connectivity index (χ0v) is 14.1. The normalized spacial score (nSPS) is 14.1. The van der Waals surface area contributed by atoms with Crippen LogP contribution < -0.4 is 10.2 Å². The predicted molar refractivity (Wildman–Crippen MR) is 86.1 cm³/mol. The van der Waals surface area contributed by atoms with Gasteiger partial charge in [0.15, 0.2) is 0 Å². The molecule has 0 radical (unpaired) electrons. The lowest BCUT2D eigenvalue weighted by molar-refractivity contribution is 0.0458. The molecule has 2 N–H and O–H groups in total. The number of aromatic nitrogens is 3. The SMILES string of the molecule is CCN(CC)c1nc(Cl)nc(NCC(C)(O)CN(C)C)n1. The molecule has 1 unspecified atom stereocenters. The fourth-order valence-corrected chi connectivity index (χ4v) is 2.23. The van der Waals surface area contributed by atoms with Gasteiger partial charge < -0.3 is 20.2 Å². The highest BCUT2D eigenvalue weighted by atomic mass is 35.5. The van der Waals surface area contributed by atoms with Crippen LogP contribution in [0.5, 0.6) is 0 Å². The molecule has 8 heteroatoms. The summed E-state index contributed by atoms with van der Waals surface area (Å²) in [5.74, 6) is 0.908. The summed E-state index contributed by atoms with van der Waals surface area (Å²) in [6.07, 6.45) is 0. The molecule has 1 aromatic heterocycles. The van der Waals surface area contributed by atoms with Crippen LogP contribution in [0, 0.1) is 0 Å². The molecule has 0 saturated carbocycles. The Morgan fingerprint density at radius 2 is 1.81 bits per heavy atom. The van der Waals surface area contributed by atoms with E-state index in [4.69, 9.17) is 11.6 Å². The van der Waals surface area contributed by atoms with Crippen LogP contribution in [0.25, 0.3) is 0 Å². The quantitative estimate of drug-likeness (QED) is 0.743. The van der Waals surface area contributed by atoms with Crippen molar-refractivity contribution in [2.45, 2.75) is 26.4 Å². The van der Waals surface area contributed by atoms with Crippen molar-refractivity contribution in [3.8, 4) is 0 Å². The molecule has 0 aliphatic rings.